The maximum atomic E-state index is 12.6. The van der Waals surface area contributed by atoms with Crippen LogP contribution in [0.25, 0.3) is 0 Å². The number of aromatic carboxylic acids is 1. The molecule has 0 saturated heterocycles. The van der Waals surface area contributed by atoms with E-state index in [-0.39, 0.29) is 11.4 Å². The summed E-state index contributed by atoms with van der Waals surface area (Å²) in [5.74, 6) is -1.10. The van der Waals surface area contributed by atoms with Crippen LogP contribution in [0.2, 0.25) is 0 Å². The Hall–Kier alpha value is -1.79. The van der Waals surface area contributed by atoms with Gasteiger partial charge in [0.2, 0.25) is 0 Å². The van der Waals surface area contributed by atoms with Crippen molar-refractivity contribution in [3.8, 4) is 0 Å². The maximum Gasteiger partial charge on any atom is 0.433 e. The lowest BCUT2D eigenvalue weighted by atomic mass is 10.1. The number of carboxylic acids is 1. The molecular formula is C13H17F3N2O2. The first kappa shape index (κ1) is 16.3. The van der Waals surface area contributed by atoms with Crippen LogP contribution in [0.15, 0.2) is 12.1 Å². The monoisotopic (exact) mass is 290 g/mol. The summed E-state index contributed by atoms with van der Waals surface area (Å²) in [7, 11) is 1.54. The molecule has 0 spiro atoms. The molecule has 0 fully saturated rings. The number of nitrogens with zero attached hydrogens (tertiary/aromatic N) is 2. The number of hydrogen-bond acceptors (Lipinski definition) is 3. The van der Waals surface area contributed by atoms with Crippen LogP contribution >= 0.6 is 0 Å². The Balaban J connectivity index is 3.15. The molecule has 20 heavy (non-hydrogen) atoms. The van der Waals surface area contributed by atoms with Crippen LogP contribution in [0.3, 0.4) is 0 Å². The second-order valence-corrected chi connectivity index (χ2v) is 4.97. The molecule has 0 atom stereocenters. The molecule has 0 amide bonds. The van der Waals surface area contributed by atoms with Crippen molar-refractivity contribution in [2.75, 3.05) is 18.5 Å². The molecule has 112 valence electrons. The number of carbonyl (C=O) groups is 1. The standard InChI is InChI=1S/C13H17F3N2O2/c1-8(2)6-7-18(3)11-9(12(19)20)4-5-10(17-11)13(14,15)16/h4-5,8H,6-7H2,1-3H3,(H,19,20). The van der Waals surface area contributed by atoms with Crippen LogP contribution in [-0.4, -0.2) is 29.7 Å². The van der Waals surface area contributed by atoms with Crippen molar-refractivity contribution >= 4 is 11.8 Å². The van der Waals surface area contributed by atoms with E-state index in [0.717, 1.165) is 12.5 Å². The molecule has 0 bridgehead atoms. The first-order valence-corrected chi connectivity index (χ1v) is 6.15. The van der Waals surface area contributed by atoms with Crippen molar-refractivity contribution in [1.29, 1.82) is 0 Å². The van der Waals surface area contributed by atoms with Crippen molar-refractivity contribution in [2.24, 2.45) is 5.92 Å². The third-order valence-corrected chi connectivity index (χ3v) is 2.80. The molecule has 0 unspecified atom stereocenters. The molecule has 1 N–H and O–H groups in total. The molecule has 0 aliphatic rings. The van der Waals surface area contributed by atoms with Gasteiger partial charge in [0.15, 0.2) is 0 Å². The van der Waals surface area contributed by atoms with Gasteiger partial charge in [-0.1, -0.05) is 13.8 Å². The Labute approximate surface area is 115 Å². The van der Waals surface area contributed by atoms with Crippen molar-refractivity contribution in [3.05, 3.63) is 23.4 Å². The molecule has 1 aromatic rings. The summed E-state index contributed by atoms with van der Waals surface area (Å²) >= 11 is 0. The molecule has 0 aliphatic carbocycles. The fourth-order valence-corrected chi connectivity index (χ4v) is 1.62. The highest BCUT2D eigenvalue weighted by Gasteiger charge is 2.34. The minimum absolute atomic E-state index is 0.159. The Morgan fingerprint density at radius 1 is 1.40 bits per heavy atom. The van der Waals surface area contributed by atoms with E-state index >= 15 is 0 Å². The van der Waals surface area contributed by atoms with Crippen molar-refractivity contribution in [2.45, 2.75) is 26.4 Å². The Morgan fingerprint density at radius 3 is 2.45 bits per heavy atom. The van der Waals surface area contributed by atoms with Crippen LogP contribution < -0.4 is 4.90 Å². The molecule has 1 heterocycles. The number of rotatable bonds is 5. The lowest BCUT2D eigenvalue weighted by molar-refractivity contribution is -0.141. The van der Waals surface area contributed by atoms with Gasteiger partial charge in [-0.3, -0.25) is 0 Å². The van der Waals surface area contributed by atoms with Gasteiger partial charge in [0, 0.05) is 13.6 Å². The molecule has 1 aromatic heterocycles. The van der Waals surface area contributed by atoms with Gasteiger partial charge in [0.25, 0.3) is 0 Å². The number of halogens is 3. The van der Waals surface area contributed by atoms with Crippen molar-refractivity contribution < 1.29 is 23.1 Å². The largest absolute Gasteiger partial charge is 0.478 e. The highest BCUT2D eigenvalue weighted by Crippen LogP contribution is 2.30. The second kappa shape index (κ2) is 6.11. The molecule has 0 saturated carbocycles. The Kier molecular flexibility index (Phi) is 4.97. The smallest absolute Gasteiger partial charge is 0.433 e. The molecule has 1 rings (SSSR count). The predicted octanol–water partition coefficient (Wildman–Crippen LogP) is 3.28. The number of anilines is 1. The normalized spacial score (nSPS) is 11.8. The highest BCUT2D eigenvalue weighted by molar-refractivity contribution is 5.93. The Bertz CT molecular complexity index is 487. The average Bonchev–Trinajstić information content (AvgIpc) is 2.33. The predicted molar refractivity (Wildman–Crippen MR) is 68.9 cm³/mol. The minimum atomic E-state index is -4.59. The SMILES string of the molecule is CC(C)CCN(C)c1nc(C(F)(F)F)ccc1C(=O)O. The zero-order valence-corrected chi connectivity index (χ0v) is 11.5. The molecular weight excluding hydrogens is 273 g/mol. The molecule has 4 nitrogen and oxygen atoms in total. The van der Waals surface area contributed by atoms with Crippen molar-refractivity contribution in [3.63, 3.8) is 0 Å². The maximum absolute atomic E-state index is 12.6. The van der Waals surface area contributed by atoms with Gasteiger partial charge in [0.1, 0.15) is 17.1 Å². The zero-order valence-electron chi connectivity index (χ0n) is 11.5. The summed E-state index contributed by atoms with van der Waals surface area (Å²) in [5, 5.41) is 9.04. The minimum Gasteiger partial charge on any atom is -0.478 e. The molecule has 0 radical (unpaired) electrons. The van der Waals surface area contributed by atoms with Crippen LogP contribution in [0, 0.1) is 5.92 Å². The van der Waals surface area contributed by atoms with Gasteiger partial charge in [-0.2, -0.15) is 13.2 Å². The summed E-state index contributed by atoms with van der Waals surface area (Å²) in [6.07, 6.45) is -3.86. The van der Waals surface area contributed by atoms with Crippen LogP contribution in [-0.2, 0) is 6.18 Å². The summed E-state index contributed by atoms with van der Waals surface area (Å²) in [6, 6.07) is 1.63. The third-order valence-electron chi connectivity index (χ3n) is 2.80. The first-order chi connectivity index (χ1) is 9.12. The number of hydrogen-bond donors (Lipinski definition) is 1. The van der Waals surface area contributed by atoms with Gasteiger partial charge < -0.3 is 10.0 Å². The quantitative estimate of drug-likeness (QED) is 0.904. The number of pyridine rings is 1. The van der Waals surface area contributed by atoms with Crippen LogP contribution in [0.4, 0.5) is 19.0 Å². The van der Waals surface area contributed by atoms with Crippen molar-refractivity contribution in [1.82, 2.24) is 4.98 Å². The van der Waals surface area contributed by atoms with E-state index in [1.165, 1.54) is 11.9 Å². The van der Waals surface area contributed by atoms with Gasteiger partial charge in [-0.25, -0.2) is 9.78 Å². The van der Waals surface area contributed by atoms with Crippen LogP contribution in [0.5, 0.6) is 0 Å². The zero-order chi connectivity index (χ0) is 15.5. The van der Waals surface area contributed by atoms with Crippen LogP contribution in [0.1, 0.15) is 36.3 Å². The summed E-state index contributed by atoms with van der Waals surface area (Å²) in [6.45, 7) is 4.39. The average molecular weight is 290 g/mol. The Morgan fingerprint density at radius 2 is 2.00 bits per heavy atom. The number of carboxylic acid groups (broad SMARTS) is 1. The summed E-state index contributed by atoms with van der Waals surface area (Å²) in [4.78, 5) is 16.0. The van der Waals surface area contributed by atoms with E-state index in [4.69, 9.17) is 5.11 Å². The molecule has 0 aliphatic heterocycles. The topological polar surface area (TPSA) is 53.4 Å². The number of alkyl halides is 3. The lowest BCUT2D eigenvalue weighted by Crippen LogP contribution is -2.25. The molecule has 7 heteroatoms. The summed E-state index contributed by atoms with van der Waals surface area (Å²) < 4.78 is 37.9. The highest BCUT2D eigenvalue weighted by atomic mass is 19.4. The first-order valence-electron chi connectivity index (χ1n) is 6.15. The van der Waals surface area contributed by atoms with E-state index in [1.54, 1.807) is 0 Å². The van der Waals surface area contributed by atoms with Gasteiger partial charge >= 0.3 is 12.1 Å². The van der Waals surface area contributed by atoms with E-state index in [2.05, 4.69) is 4.98 Å². The lowest BCUT2D eigenvalue weighted by Gasteiger charge is -2.22. The van der Waals surface area contributed by atoms with E-state index in [1.807, 2.05) is 13.8 Å². The molecule has 0 aromatic carbocycles. The fourth-order valence-electron chi connectivity index (χ4n) is 1.62. The number of aromatic nitrogens is 1. The van der Waals surface area contributed by atoms with Gasteiger partial charge in [0.05, 0.1) is 0 Å². The van der Waals surface area contributed by atoms with Gasteiger partial charge in [-0.15, -0.1) is 0 Å². The fraction of sp³-hybridized carbons (Fsp3) is 0.538. The summed E-state index contributed by atoms with van der Waals surface area (Å²) in [5.41, 5.74) is -1.32. The van der Waals surface area contributed by atoms with E-state index in [0.29, 0.717) is 18.5 Å². The second-order valence-electron chi connectivity index (χ2n) is 4.97. The van der Waals surface area contributed by atoms with Gasteiger partial charge in [-0.05, 0) is 24.5 Å². The third kappa shape index (κ3) is 4.11. The van der Waals surface area contributed by atoms with E-state index < -0.39 is 17.8 Å². The van der Waals surface area contributed by atoms with E-state index in [9.17, 15) is 18.0 Å².